The van der Waals surface area contributed by atoms with Gasteiger partial charge in [-0.2, -0.15) is 0 Å². The van der Waals surface area contributed by atoms with Gasteiger partial charge in [-0.3, -0.25) is 4.79 Å². The fourth-order valence-electron chi connectivity index (χ4n) is 1.65. The number of carboxylic acids is 1. The van der Waals surface area contributed by atoms with Crippen LogP contribution in [0.3, 0.4) is 0 Å². The highest BCUT2D eigenvalue weighted by atomic mass is 79.9. The average Bonchev–Trinajstić information content (AvgIpc) is 2.28. The summed E-state index contributed by atoms with van der Waals surface area (Å²) < 4.78 is 0.759. The Balaban J connectivity index is 2.93. The van der Waals surface area contributed by atoms with Crippen LogP contribution in [-0.2, 0) is 4.79 Å². The molecule has 110 valence electrons. The third-order valence-electron chi connectivity index (χ3n) is 2.71. The van der Waals surface area contributed by atoms with Crippen LogP contribution < -0.4 is 5.32 Å². The Morgan fingerprint density at radius 3 is 2.40 bits per heavy atom. The fourth-order valence-corrected chi connectivity index (χ4v) is 2.25. The number of halogens is 1. The number of nitrogens with zero attached hydrogens (tertiary/aromatic N) is 1. The second-order valence-electron chi connectivity index (χ2n) is 5.56. The molecule has 1 aromatic rings. The molecule has 1 rings (SSSR count). The molecule has 0 unspecified atom stereocenters. The first-order valence-electron chi connectivity index (χ1n) is 6.18. The highest BCUT2D eigenvalue weighted by molar-refractivity contribution is 9.10. The molecule has 1 aromatic carbocycles. The smallest absolute Gasteiger partial charge is 0.323 e. The lowest BCUT2D eigenvalue weighted by molar-refractivity contribution is -0.138. The molecule has 6 heteroatoms. The zero-order valence-electron chi connectivity index (χ0n) is 12.0. The third kappa shape index (κ3) is 4.52. The number of carbonyl (C=O) groups excluding carboxylic acids is 1. The zero-order valence-corrected chi connectivity index (χ0v) is 13.6. The molecule has 0 aliphatic carbocycles. The first-order valence-corrected chi connectivity index (χ1v) is 6.97. The van der Waals surface area contributed by atoms with E-state index in [4.69, 9.17) is 5.11 Å². The van der Waals surface area contributed by atoms with Crippen molar-refractivity contribution in [2.45, 2.75) is 33.2 Å². The van der Waals surface area contributed by atoms with Crippen molar-refractivity contribution < 1.29 is 14.7 Å². The number of aliphatic carboxylic acids is 1. The lowest BCUT2D eigenvalue weighted by atomic mass is 10.1. The van der Waals surface area contributed by atoms with Crippen LogP contribution in [-0.4, -0.2) is 34.1 Å². The van der Waals surface area contributed by atoms with E-state index in [1.54, 1.807) is 26.8 Å². The summed E-state index contributed by atoms with van der Waals surface area (Å²) in [5.41, 5.74) is 1.09. The Hall–Kier alpha value is -1.56. The molecule has 0 aliphatic rings. The first-order chi connectivity index (χ1) is 9.11. The largest absolute Gasteiger partial charge is 0.480 e. The number of anilines is 1. The summed E-state index contributed by atoms with van der Waals surface area (Å²) in [6, 6.07) is 5.09. The number of benzene rings is 1. The van der Waals surface area contributed by atoms with Gasteiger partial charge in [-0.25, -0.2) is 4.79 Å². The van der Waals surface area contributed by atoms with Crippen LogP contribution >= 0.6 is 15.9 Å². The molecule has 5 nitrogen and oxygen atoms in total. The van der Waals surface area contributed by atoms with Crippen LogP contribution in [0.15, 0.2) is 22.7 Å². The molecular formula is C14H19BrN2O3. The number of aryl methyl sites for hydroxylation is 1. The van der Waals surface area contributed by atoms with Crippen molar-refractivity contribution >= 4 is 33.6 Å². The molecule has 0 atom stereocenters. The van der Waals surface area contributed by atoms with E-state index >= 15 is 0 Å². The molecule has 2 amide bonds. The Labute approximate surface area is 127 Å². The number of urea groups is 1. The normalized spacial score (nSPS) is 11.1. The van der Waals surface area contributed by atoms with E-state index in [2.05, 4.69) is 21.2 Å². The maximum atomic E-state index is 12.3. The lowest BCUT2D eigenvalue weighted by Crippen LogP contribution is -2.50. The quantitative estimate of drug-likeness (QED) is 0.883. The van der Waals surface area contributed by atoms with Crippen molar-refractivity contribution in [3.05, 3.63) is 28.2 Å². The average molecular weight is 343 g/mol. The van der Waals surface area contributed by atoms with Crippen LogP contribution in [0.25, 0.3) is 0 Å². The predicted octanol–water partition coefficient (Wildman–Crippen LogP) is 3.47. The zero-order chi connectivity index (χ0) is 15.5. The Kier molecular flexibility index (Phi) is 5.16. The monoisotopic (exact) mass is 342 g/mol. The maximum Gasteiger partial charge on any atom is 0.323 e. The van der Waals surface area contributed by atoms with Crippen LogP contribution in [0.2, 0.25) is 0 Å². The van der Waals surface area contributed by atoms with Gasteiger partial charge < -0.3 is 15.3 Å². The molecule has 0 aliphatic heterocycles. The van der Waals surface area contributed by atoms with Gasteiger partial charge in [0.25, 0.3) is 0 Å². The highest BCUT2D eigenvalue weighted by Gasteiger charge is 2.28. The molecule has 0 aromatic heterocycles. The number of carbonyl (C=O) groups is 2. The predicted molar refractivity (Wildman–Crippen MR) is 82.0 cm³/mol. The van der Waals surface area contributed by atoms with Crippen molar-refractivity contribution in [3.63, 3.8) is 0 Å². The summed E-state index contributed by atoms with van der Waals surface area (Å²) in [7, 11) is 0. The summed E-state index contributed by atoms with van der Waals surface area (Å²) in [5.74, 6) is -1.04. The number of rotatable bonds is 3. The van der Waals surface area contributed by atoms with Gasteiger partial charge in [0, 0.05) is 10.0 Å². The van der Waals surface area contributed by atoms with E-state index in [1.807, 2.05) is 19.1 Å². The standard InChI is InChI=1S/C14H19BrN2O3/c1-9-5-6-11(10(15)7-9)16-13(20)17(8-12(18)19)14(2,3)4/h5-7H,8H2,1-4H3,(H,16,20)(H,18,19). The van der Waals surface area contributed by atoms with Gasteiger partial charge in [-0.05, 0) is 61.3 Å². The van der Waals surface area contributed by atoms with Gasteiger partial charge in [0.15, 0.2) is 0 Å². The van der Waals surface area contributed by atoms with Gasteiger partial charge >= 0.3 is 12.0 Å². The number of hydrogen-bond donors (Lipinski definition) is 2. The van der Waals surface area contributed by atoms with Crippen molar-refractivity contribution in [3.8, 4) is 0 Å². The lowest BCUT2D eigenvalue weighted by Gasteiger charge is -2.34. The van der Waals surface area contributed by atoms with E-state index in [-0.39, 0.29) is 6.54 Å². The minimum absolute atomic E-state index is 0.348. The molecule has 0 radical (unpaired) electrons. The minimum Gasteiger partial charge on any atom is -0.480 e. The van der Waals surface area contributed by atoms with Crippen molar-refractivity contribution in [1.29, 1.82) is 0 Å². The number of nitrogens with one attached hydrogen (secondary N) is 1. The molecule has 0 saturated carbocycles. The minimum atomic E-state index is -1.04. The van der Waals surface area contributed by atoms with E-state index in [0.29, 0.717) is 5.69 Å². The van der Waals surface area contributed by atoms with Gasteiger partial charge in [-0.15, -0.1) is 0 Å². The van der Waals surface area contributed by atoms with Crippen molar-refractivity contribution in [2.24, 2.45) is 0 Å². The third-order valence-corrected chi connectivity index (χ3v) is 3.37. The molecule has 0 fully saturated rings. The first kappa shape index (κ1) is 16.5. The van der Waals surface area contributed by atoms with Gasteiger partial charge in [0.05, 0.1) is 5.69 Å². The SMILES string of the molecule is Cc1ccc(NC(=O)N(CC(=O)O)C(C)(C)C)c(Br)c1. The summed E-state index contributed by atoms with van der Waals surface area (Å²) in [6.07, 6.45) is 0. The van der Waals surface area contributed by atoms with Crippen LogP contribution in [0, 0.1) is 6.92 Å². The Bertz CT molecular complexity index is 524. The topological polar surface area (TPSA) is 69.6 Å². The van der Waals surface area contributed by atoms with Gasteiger partial charge in [-0.1, -0.05) is 6.07 Å². The van der Waals surface area contributed by atoms with E-state index in [9.17, 15) is 9.59 Å². The molecular weight excluding hydrogens is 324 g/mol. The molecule has 0 heterocycles. The Morgan fingerprint density at radius 1 is 1.35 bits per heavy atom. The highest BCUT2D eigenvalue weighted by Crippen LogP contribution is 2.24. The molecule has 0 bridgehead atoms. The number of carboxylic acid groups (broad SMARTS) is 1. The summed E-state index contributed by atoms with van der Waals surface area (Å²) in [5, 5.41) is 11.6. The molecule has 2 N–H and O–H groups in total. The maximum absolute atomic E-state index is 12.3. The van der Waals surface area contributed by atoms with Gasteiger partial charge in [0.2, 0.25) is 0 Å². The Morgan fingerprint density at radius 2 is 1.95 bits per heavy atom. The molecule has 0 saturated heterocycles. The van der Waals surface area contributed by atoms with Gasteiger partial charge in [0.1, 0.15) is 6.54 Å². The van der Waals surface area contributed by atoms with Crippen LogP contribution in [0.5, 0.6) is 0 Å². The van der Waals surface area contributed by atoms with Crippen molar-refractivity contribution in [2.75, 3.05) is 11.9 Å². The number of hydrogen-bond acceptors (Lipinski definition) is 2. The second-order valence-corrected chi connectivity index (χ2v) is 6.42. The van der Waals surface area contributed by atoms with Crippen LogP contribution in [0.1, 0.15) is 26.3 Å². The van der Waals surface area contributed by atoms with E-state index in [1.165, 1.54) is 4.90 Å². The summed E-state index contributed by atoms with van der Waals surface area (Å²) in [6.45, 7) is 6.97. The number of amides is 2. The summed E-state index contributed by atoms with van der Waals surface area (Å²) in [4.78, 5) is 24.4. The summed E-state index contributed by atoms with van der Waals surface area (Å²) >= 11 is 3.38. The fraction of sp³-hybridized carbons (Fsp3) is 0.429. The van der Waals surface area contributed by atoms with Crippen molar-refractivity contribution in [1.82, 2.24) is 4.90 Å². The second kappa shape index (κ2) is 6.26. The molecule has 20 heavy (non-hydrogen) atoms. The van der Waals surface area contributed by atoms with E-state index in [0.717, 1.165) is 10.0 Å². The van der Waals surface area contributed by atoms with Crippen LogP contribution in [0.4, 0.5) is 10.5 Å². The van der Waals surface area contributed by atoms with E-state index < -0.39 is 17.5 Å². The molecule has 0 spiro atoms.